The SMILES string of the molecule is Cc1cccc(CC(=O)NCc2cccc(Cl)c2)c1. The lowest BCUT2D eigenvalue weighted by Gasteiger charge is -2.06. The Bertz CT molecular complexity index is 580. The van der Waals surface area contributed by atoms with Crippen LogP contribution in [0, 0.1) is 6.92 Å². The molecule has 0 saturated heterocycles. The molecule has 2 aromatic carbocycles. The first-order chi connectivity index (χ1) is 9.13. The fourth-order valence-corrected chi connectivity index (χ4v) is 2.13. The van der Waals surface area contributed by atoms with Crippen LogP contribution in [0.5, 0.6) is 0 Å². The van der Waals surface area contributed by atoms with Crippen molar-refractivity contribution in [3.05, 3.63) is 70.2 Å². The van der Waals surface area contributed by atoms with Crippen LogP contribution in [0.1, 0.15) is 16.7 Å². The van der Waals surface area contributed by atoms with Gasteiger partial charge in [-0.15, -0.1) is 0 Å². The number of nitrogens with one attached hydrogen (secondary N) is 1. The van der Waals surface area contributed by atoms with Crippen LogP contribution >= 0.6 is 11.6 Å². The van der Waals surface area contributed by atoms with Gasteiger partial charge in [0.05, 0.1) is 6.42 Å². The Labute approximate surface area is 118 Å². The fourth-order valence-electron chi connectivity index (χ4n) is 1.92. The molecule has 0 aromatic heterocycles. The van der Waals surface area contributed by atoms with Crippen LogP contribution < -0.4 is 5.32 Å². The van der Waals surface area contributed by atoms with Crippen molar-refractivity contribution >= 4 is 17.5 Å². The third-order valence-electron chi connectivity index (χ3n) is 2.83. The van der Waals surface area contributed by atoms with Gasteiger partial charge in [0, 0.05) is 11.6 Å². The zero-order valence-corrected chi connectivity index (χ0v) is 11.6. The minimum Gasteiger partial charge on any atom is -0.352 e. The topological polar surface area (TPSA) is 29.1 Å². The molecule has 98 valence electrons. The van der Waals surface area contributed by atoms with Gasteiger partial charge in [0.1, 0.15) is 0 Å². The van der Waals surface area contributed by atoms with E-state index in [-0.39, 0.29) is 5.91 Å². The normalized spacial score (nSPS) is 10.2. The van der Waals surface area contributed by atoms with E-state index in [1.54, 1.807) is 0 Å². The average molecular weight is 274 g/mol. The molecular weight excluding hydrogens is 258 g/mol. The second-order valence-electron chi connectivity index (χ2n) is 4.57. The van der Waals surface area contributed by atoms with Crippen LogP contribution in [0.15, 0.2) is 48.5 Å². The number of benzene rings is 2. The van der Waals surface area contributed by atoms with Crippen molar-refractivity contribution in [1.82, 2.24) is 5.32 Å². The van der Waals surface area contributed by atoms with Crippen molar-refractivity contribution in [1.29, 1.82) is 0 Å². The van der Waals surface area contributed by atoms with E-state index in [9.17, 15) is 4.79 Å². The molecule has 0 saturated carbocycles. The molecule has 0 aliphatic heterocycles. The molecule has 0 aliphatic rings. The lowest BCUT2D eigenvalue weighted by Crippen LogP contribution is -2.24. The molecule has 0 radical (unpaired) electrons. The molecule has 2 aromatic rings. The molecule has 0 atom stereocenters. The third kappa shape index (κ3) is 4.42. The van der Waals surface area contributed by atoms with Crippen molar-refractivity contribution in [2.45, 2.75) is 19.9 Å². The van der Waals surface area contributed by atoms with Gasteiger partial charge in [0.15, 0.2) is 0 Å². The Morgan fingerprint density at radius 2 is 1.84 bits per heavy atom. The quantitative estimate of drug-likeness (QED) is 0.907. The van der Waals surface area contributed by atoms with Crippen LogP contribution in [0.25, 0.3) is 0 Å². The number of hydrogen-bond acceptors (Lipinski definition) is 1. The van der Waals surface area contributed by atoms with Crippen LogP contribution in [0.4, 0.5) is 0 Å². The van der Waals surface area contributed by atoms with E-state index < -0.39 is 0 Å². The van der Waals surface area contributed by atoms with Crippen LogP contribution in [0.2, 0.25) is 5.02 Å². The summed E-state index contributed by atoms with van der Waals surface area (Å²) in [5.41, 5.74) is 3.20. The summed E-state index contributed by atoms with van der Waals surface area (Å²) in [7, 11) is 0. The zero-order valence-electron chi connectivity index (χ0n) is 10.8. The molecule has 0 aliphatic carbocycles. The Kier molecular flexibility index (Phi) is 4.58. The predicted molar refractivity (Wildman–Crippen MR) is 78.2 cm³/mol. The van der Waals surface area contributed by atoms with Gasteiger partial charge in [0.25, 0.3) is 0 Å². The number of halogens is 1. The maximum absolute atomic E-state index is 11.8. The van der Waals surface area contributed by atoms with Crippen molar-refractivity contribution in [3.63, 3.8) is 0 Å². The highest BCUT2D eigenvalue weighted by Crippen LogP contribution is 2.10. The largest absolute Gasteiger partial charge is 0.352 e. The summed E-state index contributed by atoms with van der Waals surface area (Å²) in [4.78, 5) is 11.8. The molecule has 0 spiro atoms. The Balaban J connectivity index is 1.88. The smallest absolute Gasteiger partial charge is 0.224 e. The molecule has 19 heavy (non-hydrogen) atoms. The Hall–Kier alpha value is -1.80. The first kappa shape index (κ1) is 13.6. The van der Waals surface area contributed by atoms with Crippen molar-refractivity contribution in [2.75, 3.05) is 0 Å². The third-order valence-corrected chi connectivity index (χ3v) is 3.06. The van der Waals surface area contributed by atoms with E-state index in [0.29, 0.717) is 18.0 Å². The van der Waals surface area contributed by atoms with E-state index in [2.05, 4.69) is 5.32 Å². The van der Waals surface area contributed by atoms with Gasteiger partial charge in [-0.1, -0.05) is 53.6 Å². The lowest BCUT2D eigenvalue weighted by molar-refractivity contribution is -0.120. The maximum Gasteiger partial charge on any atom is 0.224 e. The number of carbonyl (C=O) groups is 1. The molecule has 0 bridgehead atoms. The molecule has 0 unspecified atom stereocenters. The highest BCUT2D eigenvalue weighted by molar-refractivity contribution is 6.30. The summed E-state index contributed by atoms with van der Waals surface area (Å²) in [5, 5.41) is 3.58. The van der Waals surface area contributed by atoms with E-state index in [0.717, 1.165) is 11.1 Å². The van der Waals surface area contributed by atoms with Crippen LogP contribution in [0.3, 0.4) is 0 Å². The van der Waals surface area contributed by atoms with Crippen LogP contribution in [-0.2, 0) is 17.8 Å². The molecular formula is C16H16ClNO. The summed E-state index contributed by atoms with van der Waals surface area (Å²) >= 11 is 5.89. The van der Waals surface area contributed by atoms with Gasteiger partial charge in [-0.2, -0.15) is 0 Å². The summed E-state index contributed by atoms with van der Waals surface area (Å²) in [6.45, 7) is 2.53. The highest BCUT2D eigenvalue weighted by Gasteiger charge is 2.03. The summed E-state index contributed by atoms with van der Waals surface area (Å²) in [6.07, 6.45) is 0.405. The second-order valence-corrected chi connectivity index (χ2v) is 5.01. The monoisotopic (exact) mass is 273 g/mol. The van der Waals surface area contributed by atoms with Gasteiger partial charge in [0.2, 0.25) is 5.91 Å². The minimum atomic E-state index is 0.0191. The van der Waals surface area contributed by atoms with Gasteiger partial charge in [-0.3, -0.25) is 4.79 Å². The van der Waals surface area contributed by atoms with Gasteiger partial charge < -0.3 is 5.32 Å². The maximum atomic E-state index is 11.8. The summed E-state index contributed by atoms with van der Waals surface area (Å²) in [5.74, 6) is 0.0191. The van der Waals surface area contributed by atoms with Gasteiger partial charge >= 0.3 is 0 Å². The molecule has 2 rings (SSSR count). The number of rotatable bonds is 4. The van der Waals surface area contributed by atoms with E-state index in [1.807, 2.05) is 55.5 Å². The Morgan fingerprint density at radius 1 is 1.11 bits per heavy atom. The molecule has 1 amide bonds. The van der Waals surface area contributed by atoms with Crippen LogP contribution in [-0.4, -0.2) is 5.91 Å². The van der Waals surface area contributed by atoms with E-state index in [1.165, 1.54) is 5.56 Å². The second kappa shape index (κ2) is 6.39. The number of hydrogen-bond donors (Lipinski definition) is 1. The molecule has 0 heterocycles. The fraction of sp³-hybridized carbons (Fsp3) is 0.188. The number of aryl methyl sites for hydroxylation is 1. The van der Waals surface area contributed by atoms with Gasteiger partial charge in [-0.25, -0.2) is 0 Å². The standard InChI is InChI=1S/C16H16ClNO/c1-12-4-2-5-13(8-12)10-16(19)18-11-14-6-3-7-15(17)9-14/h2-9H,10-11H2,1H3,(H,18,19). The molecule has 0 fully saturated rings. The first-order valence-electron chi connectivity index (χ1n) is 6.20. The molecule has 1 N–H and O–H groups in total. The summed E-state index contributed by atoms with van der Waals surface area (Å²) in [6, 6.07) is 15.5. The minimum absolute atomic E-state index is 0.0191. The van der Waals surface area contributed by atoms with Crippen molar-refractivity contribution in [3.8, 4) is 0 Å². The lowest BCUT2D eigenvalue weighted by atomic mass is 10.1. The van der Waals surface area contributed by atoms with E-state index >= 15 is 0 Å². The van der Waals surface area contributed by atoms with Crippen molar-refractivity contribution in [2.24, 2.45) is 0 Å². The predicted octanol–water partition coefficient (Wildman–Crippen LogP) is 3.51. The number of carbonyl (C=O) groups excluding carboxylic acids is 1. The molecule has 3 heteroatoms. The first-order valence-corrected chi connectivity index (χ1v) is 6.58. The van der Waals surface area contributed by atoms with E-state index in [4.69, 9.17) is 11.6 Å². The summed E-state index contributed by atoms with van der Waals surface area (Å²) < 4.78 is 0. The zero-order chi connectivity index (χ0) is 13.7. The van der Waals surface area contributed by atoms with Crippen molar-refractivity contribution < 1.29 is 4.79 Å². The average Bonchev–Trinajstić information content (AvgIpc) is 2.36. The highest BCUT2D eigenvalue weighted by atomic mass is 35.5. The Morgan fingerprint density at radius 3 is 2.58 bits per heavy atom. The number of amides is 1. The molecule has 2 nitrogen and oxygen atoms in total. The van der Waals surface area contributed by atoms with Gasteiger partial charge in [-0.05, 0) is 30.2 Å².